The van der Waals surface area contributed by atoms with E-state index in [9.17, 15) is 9.59 Å². The maximum atomic E-state index is 11.6. The Kier molecular flexibility index (Phi) is 6.09. The number of furan rings is 1. The Labute approximate surface area is 118 Å². The third-order valence-electron chi connectivity index (χ3n) is 2.52. The zero-order valence-electron chi connectivity index (χ0n) is 12.4. The fourth-order valence-corrected chi connectivity index (χ4v) is 1.60. The van der Waals surface area contributed by atoms with Gasteiger partial charge in [-0.05, 0) is 39.8 Å². The van der Waals surface area contributed by atoms with Crippen molar-refractivity contribution in [1.29, 1.82) is 0 Å². The van der Waals surface area contributed by atoms with Gasteiger partial charge >= 0.3 is 12.0 Å². The van der Waals surface area contributed by atoms with Gasteiger partial charge in [-0.25, -0.2) is 4.79 Å². The quantitative estimate of drug-likeness (QED) is 0.784. The van der Waals surface area contributed by atoms with Gasteiger partial charge in [-0.1, -0.05) is 0 Å². The SMILES string of the molecule is Cc1ccc(C(C)NC(=O)NCCC(=O)OC(C)C)o1. The molecule has 1 unspecified atom stereocenters. The molecule has 0 aliphatic rings. The number of carbonyl (C=O) groups excluding carboxylic acids is 2. The number of esters is 1. The molecule has 2 amide bonds. The van der Waals surface area contributed by atoms with E-state index in [1.807, 2.05) is 26.0 Å². The highest BCUT2D eigenvalue weighted by Gasteiger charge is 2.13. The van der Waals surface area contributed by atoms with E-state index in [1.54, 1.807) is 13.8 Å². The third-order valence-corrected chi connectivity index (χ3v) is 2.52. The van der Waals surface area contributed by atoms with Gasteiger partial charge in [0.2, 0.25) is 0 Å². The number of ether oxygens (including phenoxy) is 1. The second kappa shape index (κ2) is 7.57. The first-order valence-electron chi connectivity index (χ1n) is 6.68. The Bertz CT molecular complexity index is 454. The average Bonchev–Trinajstić information content (AvgIpc) is 2.74. The Balaban J connectivity index is 2.25. The van der Waals surface area contributed by atoms with E-state index in [4.69, 9.17) is 9.15 Å². The number of carbonyl (C=O) groups is 2. The van der Waals surface area contributed by atoms with Crippen LogP contribution in [0.1, 0.15) is 44.8 Å². The van der Waals surface area contributed by atoms with Crippen LogP contribution in [0.5, 0.6) is 0 Å². The van der Waals surface area contributed by atoms with Gasteiger partial charge in [-0.15, -0.1) is 0 Å². The molecule has 1 aromatic heterocycles. The summed E-state index contributed by atoms with van der Waals surface area (Å²) in [6.07, 6.45) is 0.0124. The van der Waals surface area contributed by atoms with Crippen molar-refractivity contribution in [3.8, 4) is 0 Å². The summed E-state index contributed by atoms with van der Waals surface area (Å²) in [6, 6.07) is 3.09. The summed E-state index contributed by atoms with van der Waals surface area (Å²) in [5.41, 5.74) is 0. The number of nitrogens with one attached hydrogen (secondary N) is 2. The molecule has 0 bridgehead atoms. The van der Waals surface area contributed by atoms with Crippen LogP contribution in [0.4, 0.5) is 4.79 Å². The molecule has 0 aromatic carbocycles. The third kappa shape index (κ3) is 5.77. The molecule has 2 N–H and O–H groups in total. The average molecular weight is 282 g/mol. The maximum Gasteiger partial charge on any atom is 0.315 e. The Morgan fingerprint density at radius 2 is 2.00 bits per heavy atom. The largest absolute Gasteiger partial charge is 0.464 e. The van der Waals surface area contributed by atoms with Crippen molar-refractivity contribution in [2.24, 2.45) is 0 Å². The molecule has 1 rings (SSSR count). The fourth-order valence-electron chi connectivity index (χ4n) is 1.60. The molecule has 0 fully saturated rings. The fraction of sp³-hybridized carbons (Fsp3) is 0.571. The summed E-state index contributed by atoms with van der Waals surface area (Å²) < 4.78 is 10.4. The van der Waals surface area contributed by atoms with Gasteiger partial charge in [0.25, 0.3) is 0 Å². The smallest absolute Gasteiger partial charge is 0.315 e. The van der Waals surface area contributed by atoms with Crippen LogP contribution in [0.25, 0.3) is 0 Å². The molecule has 0 radical (unpaired) electrons. The molecule has 0 aliphatic carbocycles. The number of hydrogen-bond acceptors (Lipinski definition) is 4. The monoisotopic (exact) mass is 282 g/mol. The van der Waals surface area contributed by atoms with E-state index in [2.05, 4.69) is 10.6 Å². The number of hydrogen-bond donors (Lipinski definition) is 2. The van der Waals surface area contributed by atoms with Gasteiger partial charge in [-0.3, -0.25) is 4.79 Å². The zero-order valence-corrected chi connectivity index (χ0v) is 12.4. The van der Waals surface area contributed by atoms with E-state index in [0.29, 0.717) is 5.76 Å². The molecule has 1 aromatic rings. The number of amides is 2. The summed E-state index contributed by atoms with van der Waals surface area (Å²) in [6.45, 7) is 7.47. The van der Waals surface area contributed by atoms with Crippen molar-refractivity contribution in [3.05, 3.63) is 23.7 Å². The molecule has 20 heavy (non-hydrogen) atoms. The zero-order chi connectivity index (χ0) is 15.1. The molecule has 0 aliphatic heterocycles. The van der Waals surface area contributed by atoms with Crippen LogP contribution in [0.15, 0.2) is 16.5 Å². The van der Waals surface area contributed by atoms with Gasteiger partial charge in [-0.2, -0.15) is 0 Å². The summed E-state index contributed by atoms with van der Waals surface area (Å²) in [7, 11) is 0. The number of urea groups is 1. The number of aryl methyl sites for hydroxylation is 1. The van der Waals surface area contributed by atoms with Crippen molar-refractivity contribution in [2.75, 3.05) is 6.54 Å². The van der Waals surface area contributed by atoms with Gasteiger partial charge in [0.15, 0.2) is 0 Å². The second-order valence-corrected chi connectivity index (χ2v) is 4.86. The van der Waals surface area contributed by atoms with Crippen LogP contribution >= 0.6 is 0 Å². The summed E-state index contributed by atoms with van der Waals surface area (Å²) in [5, 5.41) is 5.33. The minimum absolute atomic E-state index is 0.140. The lowest BCUT2D eigenvalue weighted by Gasteiger charge is -2.13. The van der Waals surface area contributed by atoms with Crippen LogP contribution in [0, 0.1) is 6.92 Å². The lowest BCUT2D eigenvalue weighted by atomic mass is 10.2. The minimum Gasteiger partial charge on any atom is -0.464 e. The highest BCUT2D eigenvalue weighted by molar-refractivity contribution is 5.75. The predicted octanol–water partition coefficient (Wildman–Crippen LogP) is 2.29. The van der Waals surface area contributed by atoms with E-state index >= 15 is 0 Å². The maximum absolute atomic E-state index is 11.6. The van der Waals surface area contributed by atoms with E-state index in [0.717, 1.165) is 5.76 Å². The highest BCUT2D eigenvalue weighted by Crippen LogP contribution is 2.15. The molecule has 0 saturated heterocycles. The molecule has 0 spiro atoms. The van der Waals surface area contributed by atoms with Crippen LogP contribution in [0.3, 0.4) is 0 Å². The molecule has 6 heteroatoms. The van der Waals surface area contributed by atoms with Crippen molar-refractivity contribution in [1.82, 2.24) is 10.6 Å². The molecule has 1 heterocycles. The lowest BCUT2D eigenvalue weighted by molar-refractivity contribution is -0.147. The van der Waals surface area contributed by atoms with Gasteiger partial charge in [0, 0.05) is 6.54 Å². The minimum atomic E-state index is -0.344. The van der Waals surface area contributed by atoms with Gasteiger partial charge in [0.05, 0.1) is 18.6 Å². The van der Waals surface area contributed by atoms with Crippen molar-refractivity contribution in [2.45, 2.75) is 46.3 Å². The van der Waals surface area contributed by atoms with E-state index in [1.165, 1.54) is 0 Å². The van der Waals surface area contributed by atoms with Crippen LogP contribution < -0.4 is 10.6 Å². The molecule has 0 saturated carbocycles. The highest BCUT2D eigenvalue weighted by atomic mass is 16.5. The summed E-state index contributed by atoms with van der Waals surface area (Å²) in [4.78, 5) is 22.9. The normalized spacial score (nSPS) is 12.1. The summed E-state index contributed by atoms with van der Waals surface area (Å²) >= 11 is 0. The predicted molar refractivity (Wildman–Crippen MR) is 74.2 cm³/mol. The first-order chi connectivity index (χ1) is 9.38. The van der Waals surface area contributed by atoms with Crippen molar-refractivity contribution >= 4 is 12.0 Å². The molecule has 6 nitrogen and oxygen atoms in total. The van der Waals surface area contributed by atoms with Crippen LogP contribution in [-0.2, 0) is 9.53 Å². The van der Waals surface area contributed by atoms with Crippen LogP contribution in [-0.4, -0.2) is 24.6 Å². The Morgan fingerprint density at radius 3 is 2.55 bits per heavy atom. The van der Waals surface area contributed by atoms with E-state index < -0.39 is 0 Å². The molecule has 112 valence electrons. The summed E-state index contributed by atoms with van der Waals surface area (Å²) in [5.74, 6) is 1.16. The van der Waals surface area contributed by atoms with E-state index in [-0.39, 0.29) is 37.1 Å². The van der Waals surface area contributed by atoms with Crippen molar-refractivity contribution in [3.63, 3.8) is 0 Å². The molecule has 1 atom stereocenters. The van der Waals surface area contributed by atoms with Gasteiger partial charge in [0.1, 0.15) is 11.5 Å². The molecular weight excluding hydrogens is 260 g/mol. The lowest BCUT2D eigenvalue weighted by Crippen LogP contribution is -2.38. The first-order valence-corrected chi connectivity index (χ1v) is 6.68. The standard InChI is InChI=1S/C14H22N2O4/c1-9(2)19-13(17)7-8-15-14(18)16-11(4)12-6-5-10(3)20-12/h5-6,9,11H,7-8H2,1-4H3,(H2,15,16,18). The first kappa shape index (κ1) is 16.1. The van der Waals surface area contributed by atoms with Crippen LogP contribution in [0.2, 0.25) is 0 Å². The second-order valence-electron chi connectivity index (χ2n) is 4.86. The number of rotatable bonds is 6. The van der Waals surface area contributed by atoms with Crippen molar-refractivity contribution < 1.29 is 18.7 Å². The van der Waals surface area contributed by atoms with Gasteiger partial charge < -0.3 is 19.8 Å². The topological polar surface area (TPSA) is 80.6 Å². The Hall–Kier alpha value is -1.98. The molecular formula is C14H22N2O4. The Morgan fingerprint density at radius 1 is 1.30 bits per heavy atom.